The molecular weight excluding hydrogens is 473 g/mol. The van der Waals surface area contributed by atoms with Crippen molar-refractivity contribution in [3.8, 4) is 0 Å². The molecule has 0 bridgehead atoms. The fourth-order valence-electron chi connectivity index (χ4n) is 8.67. The molecule has 0 aliphatic heterocycles. The summed E-state index contributed by atoms with van der Waals surface area (Å²) in [6.45, 7) is 12.3. The first-order valence-corrected chi connectivity index (χ1v) is 15.7. The lowest BCUT2D eigenvalue weighted by Gasteiger charge is -2.58. The number of aliphatic hydroxyl groups excluding tert-OH is 3. The Morgan fingerprint density at radius 3 is 2.19 bits per heavy atom. The highest BCUT2D eigenvalue weighted by Crippen LogP contribution is 2.67. The first-order valence-electron chi connectivity index (χ1n) is 14.4. The Morgan fingerprint density at radius 2 is 1.61 bits per heavy atom. The Labute approximate surface area is 221 Å². The minimum atomic E-state index is -2.12. The van der Waals surface area contributed by atoms with Crippen LogP contribution in [0.25, 0.3) is 0 Å². The highest BCUT2D eigenvalue weighted by atomic mass is 31.2. The zero-order valence-corrected chi connectivity index (χ0v) is 24.5. The lowest BCUT2D eigenvalue weighted by molar-refractivity contribution is -0.0573. The number of allylic oxidation sites excluding steroid dienone is 1. The summed E-state index contributed by atoms with van der Waals surface area (Å²) in [5, 5.41) is 25.5. The Kier molecular flexibility index (Phi) is 12.8. The summed E-state index contributed by atoms with van der Waals surface area (Å²) in [5.74, 6) is 5.46. The molecule has 3 saturated carbocycles. The molecule has 3 fully saturated rings. The molecule has 212 valence electrons. The van der Waals surface area contributed by atoms with Gasteiger partial charge in [-0.2, -0.15) is 0 Å². The maximum Gasteiger partial charge on any atom is 0.247 e. The zero-order valence-electron chi connectivity index (χ0n) is 23.6. The molecule has 4 rings (SSSR count). The minimum Gasteiger partial charge on any atom is -0.394 e. The molecule has 7 N–H and O–H groups in total. The lowest BCUT2D eigenvalue weighted by atomic mass is 9.47. The summed E-state index contributed by atoms with van der Waals surface area (Å²) in [4.78, 5) is 14.9. The van der Waals surface area contributed by atoms with Crippen LogP contribution < -0.4 is 5.50 Å². The summed E-state index contributed by atoms with van der Waals surface area (Å²) < 4.78 is 0. The van der Waals surface area contributed by atoms with Crippen LogP contribution in [0.4, 0.5) is 0 Å². The van der Waals surface area contributed by atoms with Crippen LogP contribution in [-0.4, -0.2) is 44.4 Å². The predicted octanol–water partition coefficient (Wildman–Crippen LogP) is 5.52. The standard InChI is InChI=1S/C27H46O.C2H6O2.H4NO2P/c1-18(2)7-6-8-19(3)23-11-12-24-22-10-9-20-17-21(28)13-15-26(20,4)25(22)14-16-27(23,24)5;3-1-2-4;1-4(2)3/h9,18-19,21-25,28H,6-8,10-17H2,1-5H3;3-4H,1-2H2;2-3H,1H2/t19-,21+,22+,23-,24+,25+,26+,27-;;/m1../s1. The maximum absolute atomic E-state index is 10.2. The van der Waals surface area contributed by atoms with Gasteiger partial charge in [0.1, 0.15) is 0 Å². The fourth-order valence-corrected chi connectivity index (χ4v) is 8.67. The van der Waals surface area contributed by atoms with Crippen molar-refractivity contribution in [1.29, 1.82) is 0 Å². The van der Waals surface area contributed by atoms with Gasteiger partial charge in [0, 0.05) is 0 Å². The number of nitrogens with two attached hydrogens (primary N) is 1. The van der Waals surface area contributed by atoms with E-state index in [2.05, 4.69) is 46.2 Å². The Bertz CT molecular complexity index is 684. The molecular formula is C29H56NO5P. The third-order valence-corrected chi connectivity index (χ3v) is 10.4. The molecule has 0 aromatic heterocycles. The Balaban J connectivity index is 0.000000501. The van der Waals surface area contributed by atoms with Gasteiger partial charge < -0.3 is 25.1 Å². The van der Waals surface area contributed by atoms with Crippen LogP contribution in [0.2, 0.25) is 0 Å². The highest BCUT2D eigenvalue weighted by molar-refractivity contribution is 7.42. The molecule has 0 aromatic carbocycles. The van der Waals surface area contributed by atoms with E-state index in [1.807, 2.05) is 0 Å². The largest absolute Gasteiger partial charge is 0.394 e. The molecule has 0 unspecified atom stereocenters. The molecule has 0 amide bonds. The normalized spacial score (nSPS) is 38.0. The third kappa shape index (κ3) is 7.74. The second kappa shape index (κ2) is 14.4. The number of rotatable bonds is 6. The van der Waals surface area contributed by atoms with Crippen molar-refractivity contribution in [2.45, 2.75) is 111 Å². The molecule has 4 aliphatic carbocycles. The predicted molar refractivity (Wildman–Crippen MR) is 149 cm³/mol. The van der Waals surface area contributed by atoms with E-state index in [1.54, 1.807) is 5.57 Å². The van der Waals surface area contributed by atoms with Crippen LogP contribution in [0.3, 0.4) is 0 Å². The van der Waals surface area contributed by atoms with Crippen molar-refractivity contribution >= 4 is 8.53 Å². The van der Waals surface area contributed by atoms with E-state index in [1.165, 1.54) is 57.8 Å². The highest BCUT2D eigenvalue weighted by Gasteiger charge is 2.59. The molecule has 0 aromatic rings. The third-order valence-electron chi connectivity index (χ3n) is 10.4. The van der Waals surface area contributed by atoms with Gasteiger partial charge >= 0.3 is 0 Å². The van der Waals surface area contributed by atoms with Crippen molar-refractivity contribution in [3.05, 3.63) is 11.6 Å². The first-order chi connectivity index (χ1) is 16.9. The van der Waals surface area contributed by atoms with E-state index in [0.717, 1.165) is 48.3 Å². The van der Waals surface area contributed by atoms with Crippen molar-refractivity contribution < 1.29 is 25.1 Å². The second-order valence-electron chi connectivity index (χ2n) is 13.0. The van der Waals surface area contributed by atoms with Crippen LogP contribution >= 0.6 is 8.53 Å². The average Bonchev–Trinajstić information content (AvgIpc) is 3.16. The summed E-state index contributed by atoms with van der Waals surface area (Å²) in [6.07, 6.45) is 17.2. The number of hydrogen-bond acceptors (Lipinski definition) is 6. The van der Waals surface area contributed by atoms with Gasteiger partial charge in [-0.3, -0.25) is 5.50 Å². The summed E-state index contributed by atoms with van der Waals surface area (Å²) in [5.41, 5.74) is 6.89. The summed E-state index contributed by atoms with van der Waals surface area (Å²) in [6, 6.07) is 0. The molecule has 6 nitrogen and oxygen atoms in total. The SMILES string of the molecule is CC(C)CCC[C@@H](C)[C@H]1CC[C@H]2[C@@H]3CC=C4C[C@@H](O)CC[C@]4(C)[C@H]3CC[C@]12C.NP(O)O.OCCO. The number of aliphatic hydroxyl groups is 3. The van der Waals surface area contributed by atoms with Crippen molar-refractivity contribution in [2.24, 2.45) is 51.8 Å². The molecule has 0 heterocycles. The topological polar surface area (TPSA) is 127 Å². The summed E-state index contributed by atoms with van der Waals surface area (Å²) in [7, 11) is -2.12. The van der Waals surface area contributed by atoms with Gasteiger partial charge in [-0.15, -0.1) is 0 Å². The molecule has 8 atom stereocenters. The second-order valence-corrected chi connectivity index (χ2v) is 13.6. The smallest absolute Gasteiger partial charge is 0.247 e. The molecule has 36 heavy (non-hydrogen) atoms. The lowest BCUT2D eigenvalue weighted by Crippen LogP contribution is -2.50. The van der Waals surface area contributed by atoms with Crippen LogP contribution in [0, 0.1) is 46.3 Å². The van der Waals surface area contributed by atoms with Gasteiger partial charge in [-0.05, 0) is 97.7 Å². The Hall–Kier alpha value is -0.0700. The fraction of sp³-hybridized carbons (Fsp3) is 0.931. The monoisotopic (exact) mass is 529 g/mol. The van der Waals surface area contributed by atoms with Gasteiger partial charge in [-0.25, -0.2) is 0 Å². The summed E-state index contributed by atoms with van der Waals surface area (Å²) >= 11 is 0. The van der Waals surface area contributed by atoms with Gasteiger partial charge in [0.05, 0.1) is 19.3 Å². The zero-order chi connectivity index (χ0) is 27.1. The van der Waals surface area contributed by atoms with E-state index < -0.39 is 8.53 Å². The number of hydrogen-bond donors (Lipinski definition) is 6. The molecule has 0 saturated heterocycles. The van der Waals surface area contributed by atoms with Gasteiger partial charge in [0.15, 0.2) is 0 Å². The minimum absolute atomic E-state index is 0.0766. The van der Waals surface area contributed by atoms with Crippen LogP contribution in [0.1, 0.15) is 105 Å². The van der Waals surface area contributed by atoms with Gasteiger partial charge in [0.25, 0.3) is 0 Å². The van der Waals surface area contributed by atoms with Crippen LogP contribution in [0.5, 0.6) is 0 Å². The maximum atomic E-state index is 10.2. The molecule has 0 spiro atoms. The van der Waals surface area contributed by atoms with Gasteiger partial charge in [-0.1, -0.05) is 65.5 Å². The molecule has 4 aliphatic rings. The quantitative estimate of drug-likeness (QED) is 0.199. The van der Waals surface area contributed by atoms with Crippen molar-refractivity contribution in [2.75, 3.05) is 13.2 Å². The number of fused-ring (bicyclic) bond motifs is 5. The van der Waals surface area contributed by atoms with Crippen molar-refractivity contribution in [1.82, 2.24) is 0 Å². The molecule has 7 heteroatoms. The van der Waals surface area contributed by atoms with E-state index in [4.69, 9.17) is 20.0 Å². The van der Waals surface area contributed by atoms with Crippen LogP contribution in [-0.2, 0) is 0 Å². The van der Waals surface area contributed by atoms with E-state index in [-0.39, 0.29) is 19.3 Å². The Morgan fingerprint density at radius 1 is 0.972 bits per heavy atom. The average molecular weight is 530 g/mol. The van der Waals surface area contributed by atoms with Crippen molar-refractivity contribution in [3.63, 3.8) is 0 Å². The van der Waals surface area contributed by atoms with E-state index in [9.17, 15) is 5.11 Å². The first kappa shape index (κ1) is 32.1. The molecule has 0 radical (unpaired) electrons. The van der Waals surface area contributed by atoms with E-state index in [0.29, 0.717) is 10.8 Å². The van der Waals surface area contributed by atoms with Gasteiger partial charge in [0.2, 0.25) is 8.53 Å². The van der Waals surface area contributed by atoms with Crippen LogP contribution in [0.15, 0.2) is 11.6 Å². The van der Waals surface area contributed by atoms with E-state index >= 15 is 0 Å².